The molecular weight excluding hydrogens is 146 g/mol. The van der Waals surface area contributed by atoms with Crippen molar-refractivity contribution in [2.75, 3.05) is 0 Å². The second-order valence-electron chi connectivity index (χ2n) is 2.14. The van der Waals surface area contributed by atoms with E-state index in [0.717, 1.165) is 0 Å². The highest BCUT2D eigenvalue weighted by Gasteiger charge is 2.04. The predicted molar refractivity (Wildman–Crippen MR) is 37.9 cm³/mol. The number of hydrogen-bond acceptors (Lipinski definition) is 3. The quantitative estimate of drug-likeness (QED) is 0.660. The molecule has 60 valence electrons. The van der Waals surface area contributed by atoms with Gasteiger partial charge in [0.25, 0.3) is 0 Å². The van der Waals surface area contributed by atoms with Crippen LogP contribution in [0.25, 0.3) is 0 Å². The van der Waals surface area contributed by atoms with Crippen LogP contribution in [0, 0.1) is 0 Å². The summed E-state index contributed by atoms with van der Waals surface area (Å²) >= 11 is 0. The Morgan fingerprint density at radius 1 is 1.55 bits per heavy atom. The number of carbonyl (C=O) groups is 1. The summed E-state index contributed by atoms with van der Waals surface area (Å²) in [4.78, 5) is 10.2. The molecular formula is C7H9NO3. The second kappa shape index (κ2) is 3.21. The molecule has 0 aromatic carbocycles. The molecule has 0 atom stereocenters. The number of carboxylic acid groups (broad SMARTS) is 1. The Morgan fingerprint density at radius 3 is 2.64 bits per heavy atom. The Kier molecular flexibility index (Phi) is 2.28. The smallest absolute Gasteiger partial charge is 0.311 e. The zero-order valence-corrected chi connectivity index (χ0v) is 5.91. The third-order valence-corrected chi connectivity index (χ3v) is 1.24. The van der Waals surface area contributed by atoms with Crippen molar-refractivity contribution in [3.8, 4) is 0 Å². The van der Waals surface area contributed by atoms with E-state index in [-0.39, 0.29) is 6.42 Å². The van der Waals surface area contributed by atoms with Gasteiger partial charge >= 0.3 is 5.97 Å². The van der Waals surface area contributed by atoms with Crippen molar-refractivity contribution in [2.24, 2.45) is 5.73 Å². The maximum atomic E-state index is 10.2. The van der Waals surface area contributed by atoms with Gasteiger partial charge in [0, 0.05) is 0 Å². The largest absolute Gasteiger partial charge is 0.481 e. The number of furan rings is 1. The molecule has 1 rings (SSSR count). The van der Waals surface area contributed by atoms with Crippen molar-refractivity contribution in [1.82, 2.24) is 0 Å². The van der Waals surface area contributed by atoms with Crippen molar-refractivity contribution in [3.05, 3.63) is 23.7 Å². The fourth-order valence-electron chi connectivity index (χ4n) is 0.776. The van der Waals surface area contributed by atoms with Crippen molar-refractivity contribution >= 4 is 5.97 Å². The first-order valence-corrected chi connectivity index (χ1v) is 3.22. The van der Waals surface area contributed by atoms with Crippen LogP contribution >= 0.6 is 0 Å². The SMILES string of the molecule is NCc1ccc(CC(=O)O)o1. The molecule has 4 heteroatoms. The number of aliphatic carboxylic acids is 1. The average molecular weight is 155 g/mol. The van der Waals surface area contributed by atoms with Crippen LogP contribution in [-0.2, 0) is 17.8 Å². The van der Waals surface area contributed by atoms with Crippen LogP contribution in [0.4, 0.5) is 0 Å². The van der Waals surface area contributed by atoms with Gasteiger partial charge in [0.2, 0.25) is 0 Å². The summed E-state index contributed by atoms with van der Waals surface area (Å²) in [5, 5.41) is 8.36. The van der Waals surface area contributed by atoms with E-state index in [1.54, 1.807) is 12.1 Å². The number of nitrogens with two attached hydrogens (primary N) is 1. The van der Waals surface area contributed by atoms with Gasteiger partial charge in [-0.1, -0.05) is 0 Å². The standard InChI is InChI=1S/C7H9NO3/c8-4-6-2-1-5(11-6)3-7(9)10/h1-2H,3-4,8H2,(H,9,10). The number of carboxylic acids is 1. The minimum atomic E-state index is -0.900. The minimum Gasteiger partial charge on any atom is -0.481 e. The summed E-state index contributed by atoms with van der Waals surface area (Å²) in [6.45, 7) is 0.305. The molecule has 0 spiro atoms. The highest BCUT2D eigenvalue weighted by Crippen LogP contribution is 2.07. The molecule has 0 amide bonds. The van der Waals surface area contributed by atoms with Crippen LogP contribution in [0.1, 0.15) is 11.5 Å². The minimum absolute atomic E-state index is 0.0833. The molecule has 0 unspecified atom stereocenters. The molecule has 1 aromatic heterocycles. The molecule has 0 saturated carbocycles. The fourth-order valence-corrected chi connectivity index (χ4v) is 0.776. The fraction of sp³-hybridized carbons (Fsp3) is 0.286. The third kappa shape index (κ3) is 2.09. The van der Waals surface area contributed by atoms with Gasteiger partial charge in [0.05, 0.1) is 6.54 Å². The molecule has 0 aliphatic carbocycles. The van der Waals surface area contributed by atoms with E-state index in [1.165, 1.54) is 0 Å². The molecule has 4 nitrogen and oxygen atoms in total. The molecule has 0 radical (unpaired) electrons. The van der Waals surface area contributed by atoms with Gasteiger partial charge in [-0.3, -0.25) is 4.79 Å². The van der Waals surface area contributed by atoms with E-state index < -0.39 is 5.97 Å². The highest BCUT2D eigenvalue weighted by molar-refractivity contribution is 5.69. The Labute approximate surface area is 63.6 Å². The maximum Gasteiger partial charge on any atom is 0.311 e. The normalized spacial score (nSPS) is 9.91. The van der Waals surface area contributed by atoms with E-state index in [4.69, 9.17) is 15.3 Å². The van der Waals surface area contributed by atoms with Crippen molar-refractivity contribution < 1.29 is 14.3 Å². The van der Waals surface area contributed by atoms with Crippen LogP contribution in [-0.4, -0.2) is 11.1 Å². The van der Waals surface area contributed by atoms with Crippen LogP contribution in [0.2, 0.25) is 0 Å². The molecule has 0 aliphatic heterocycles. The van der Waals surface area contributed by atoms with Crippen LogP contribution < -0.4 is 5.73 Å². The van der Waals surface area contributed by atoms with E-state index in [9.17, 15) is 4.79 Å². The van der Waals surface area contributed by atoms with Crippen molar-refractivity contribution in [1.29, 1.82) is 0 Å². The van der Waals surface area contributed by atoms with Crippen molar-refractivity contribution in [3.63, 3.8) is 0 Å². The topological polar surface area (TPSA) is 76.5 Å². The molecule has 1 heterocycles. The second-order valence-corrected chi connectivity index (χ2v) is 2.14. The highest BCUT2D eigenvalue weighted by atomic mass is 16.4. The lowest BCUT2D eigenvalue weighted by Crippen LogP contribution is -1.98. The van der Waals surface area contributed by atoms with E-state index in [1.807, 2.05) is 0 Å². The van der Waals surface area contributed by atoms with Crippen molar-refractivity contribution in [2.45, 2.75) is 13.0 Å². The lowest BCUT2D eigenvalue weighted by Gasteiger charge is -1.89. The third-order valence-electron chi connectivity index (χ3n) is 1.24. The van der Waals surface area contributed by atoms with Gasteiger partial charge in [-0.25, -0.2) is 0 Å². The molecule has 3 N–H and O–H groups in total. The maximum absolute atomic E-state index is 10.2. The Balaban J connectivity index is 2.65. The van der Waals surface area contributed by atoms with Gasteiger partial charge in [-0.2, -0.15) is 0 Å². The molecule has 0 aliphatic rings. The Bertz CT molecular complexity index is 254. The van der Waals surface area contributed by atoms with Gasteiger partial charge in [0.1, 0.15) is 17.9 Å². The van der Waals surface area contributed by atoms with Gasteiger partial charge in [-0.15, -0.1) is 0 Å². The summed E-state index contributed by atoms with van der Waals surface area (Å²) in [6, 6.07) is 3.30. The monoisotopic (exact) mass is 155 g/mol. The lowest BCUT2D eigenvalue weighted by atomic mass is 10.3. The van der Waals surface area contributed by atoms with Crippen LogP contribution in [0.3, 0.4) is 0 Å². The molecule has 1 aromatic rings. The number of hydrogen-bond donors (Lipinski definition) is 2. The van der Waals surface area contributed by atoms with Gasteiger partial charge < -0.3 is 15.3 Å². The first-order valence-electron chi connectivity index (χ1n) is 3.22. The Hall–Kier alpha value is -1.29. The number of rotatable bonds is 3. The summed E-state index contributed by atoms with van der Waals surface area (Å²) in [5.74, 6) is 0.155. The summed E-state index contributed by atoms with van der Waals surface area (Å²) in [6.07, 6.45) is -0.0833. The first-order chi connectivity index (χ1) is 5.22. The zero-order valence-electron chi connectivity index (χ0n) is 5.91. The van der Waals surface area contributed by atoms with E-state index >= 15 is 0 Å². The molecule has 11 heavy (non-hydrogen) atoms. The first kappa shape index (κ1) is 7.81. The van der Waals surface area contributed by atoms with E-state index in [2.05, 4.69) is 0 Å². The van der Waals surface area contributed by atoms with Gasteiger partial charge in [-0.05, 0) is 12.1 Å². The zero-order chi connectivity index (χ0) is 8.27. The van der Waals surface area contributed by atoms with Crippen LogP contribution in [0.15, 0.2) is 16.5 Å². The molecule has 0 saturated heterocycles. The van der Waals surface area contributed by atoms with E-state index in [0.29, 0.717) is 18.1 Å². The van der Waals surface area contributed by atoms with Gasteiger partial charge in [0.15, 0.2) is 0 Å². The lowest BCUT2D eigenvalue weighted by molar-refractivity contribution is -0.136. The summed E-state index contributed by atoms with van der Waals surface area (Å²) < 4.78 is 5.04. The summed E-state index contributed by atoms with van der Waals surface area (Å²) in [7, 11) is 0. The molecule has 0 bridgehead atoms. The predicted octanol–water partition coefficient (Wildman–Crippen LogP) is 0.365. The average Bonchev–Trinajstić information content (AvgIpc) is 2.34. The Morgan fingerprint density at radius 2 is 2.18 bits per heavy atom. The summed E-state index contributed by atoms with van der Waals surface area (Å²) in [5.41, 5.74) is 5.25. The van der Waals surface area contributed by atoms with Crippen LogP contribution in [0.5, 0.6) is 0 Å². The molecule has 0 fully saturated rings.